The van der Waals surface area contributed by atoms with Gasteiger partial charge in [-0.25, -0.2) is 9.67 Å². The van der Waals surface area contributed by atoms with E-state index < -0.39 is 0 Å². The van der Waals surface area contributed by atoms with E-state index in [2.05, 4.69) is 41.5 Å². The van der Waals surface area contributed by atoms with Crippen molar-refractivity contribution < 1.29 is 4.79 Å². The molecule has 0 spiro atoms. The van der Waals surface area contributed by atoms with Crippen LogP contribution in [0.15, 0.2) is 48.8 Å². The second-order valence-corrected chi connectivity index (χ2v) is 6.73. The summed E-state index contributed by atoms with van der Waals surface area (Å²) in [4.78, 5) is 20.6. The first-order chi connectivity index (χ1) is 12.7. The third-order valence-electron chi connectivity index (χ3n) is 4.55. The van der Waals surface area contributed by atoms with E-state index >= 15 is 0 Å². The Bertz CT molecular complexity index is 919. The third-order valence-corrected chi connectivity index (χ3v) is 4.55. The molecule has 6 heteroatoms. The van der Waals surface area contributed by atoms with E-state index in [1.807, 2.05) is 23.0 Å². The van der Waals surface area contributed by atoms with Gasteiger partial charge < -0.3 is 5.32 Å². The topological polar surface area (TPSA) is 72.7 Å². The average Bonchev–Trinajstić information content (AvgIpc) is 3.22. The molecule has 3 aromatic rings. The Balaban J connectivity index is 1.64. The minimum atomic E-state index is -0.0672. The third kappa shape index (κ3) is 3.64. The normalized spacial score (nSPS) is 16.7. The van der Waals surface area contributed by atoms with Crippen LogP contribution < -0.4 is 5.32 Å². The summed E-state index contributed by atoms with van der Waals surface area (Å²) in [5, 5.41) is 7.74. The van der Waals surface area contributed by atoms with E-state index in [-0.39, 0.29) is 11.9 Å². The quantitative estimate of drug-likeness (QED) is 0.770. The molecule has 6 nitrogen and oxygen atoms in total. The van der Waals surface area contributed by atoms with Crippen molar-refractivity contribution in [2.24, 2.45) is 0 Å². The number of nitrogens with zero attached hydrogens (tertiary/aromatic N) is 4. The fraction of sp³-hybridized carbons (Fsp3) is 0.300. The first-order valence-corrected chi connectivity index (χ1v) is 8.85. The maximum atomic E-state index is 11.7. The molecule has 132 valence electrons. The molecule has 1 atom stereocenters. The van der Waals surface area contributed by atoms with Gasteiger partial charge in [0.1, 0.15) is 5.82 Å². The van der Waals surface area contributed by atoms with E-state index in [0.29, 0.717) is 19.4 Å². The zero-order chi connectivity index (χ0) is 17.9. The largest absolute Gasteiger partial charge is 0.346 e. The maximum absolute atomic E-state index is 11.7. The van der Waals surface area contributed by atoms with Crippen molar-refractivity contribution in [1.29, 1.82) is 0 Å². The molecule has 1 aliphatic heterocycles. The molecule has 4 rings (SSSR count). The number of hydrogen-bond acceptors (Lipinski definition) is 4. The second kappa shape index (κ2) is 7.07. The van der Waals surface area contributed by atoms with Crippen molar-refractivity contribution in [3.63, 3.8) is 0 Å². The summed E-state index contributed by atoms with van der Waals surface area (Å²) >= 11 is 0. The maximum Gasteiger partial charge on any atom is 0.220 e. The molecular formula is C20H21N5O. The van der Waals surface area contributed by atoms with Gasteiger partial charge in [-0.1, -0.05) is 35.9 Å². The SMILES string of the molecule is Cc1cccc(Cn2nc(Cc3cccnc3)nc2[C@@H]2CCC(=O)N2)c1. The van der Waals surface area contributed by atoms with Crippen LogP contribution in [0.5, 0.6) is 0 Å². The lowest BCUT2D eigenvalue weighted by Crippen LogP contribution is -2.22. The molecule has 0 unspecified atom stereocenters. The summed E-state index contributed by atoms with van der Waals surface area (Å²) in [6.07, 6.45) is 5.52. The number of rotatable bonds is 5. The highest BCUT2D eigenvalue weighted by Gasteiger charge is 2.27. The number of aryl methyl sites for hydroxylation is 1. The molecule has 1 aliphatic rings. The zero-order valence-corrected chi connectivity index (χ0v) is 14.7. The van der Waals surface area contributed by atoms with E-state index in [1.54, 1.807) is 6.20 Å². The second-order valence-electron chi connectivity index (χ2n) is 6.73. The highest BCUT2D eigenvalue weighted by Crippen LogP contribution is 2.23. The first kappa shape index (κ1) is 16.4. The smallest absolute Gasteiger partial charge is 0.220 e. The standard InChI is InChI=1S/C20H21N5O/c1-14-4-2-5-16(10-14)13-25-20(17-7-8-19(26)22-17)23-18(24-25)11-15-6-3-9-21-12-15/h2-6,9-10,12,17H,7-8,11,13H2,1H3,(H,22,26)/t17-/m0/s1. The Morgan fingerprint density at radius 3 is 2.85 bits per heavy atom. The van der Waals surface area contributed by atoms with Crippen LogP contribution in [0, 0.1) is 6.92 Å². The fourth-order valence-corrected chi connectivity index (χ4v) is 3.33. The lowest BCUT2D eigenvalue weighted by atomic mass is 10.1. The molecule has 0 bridgehead atoms. The summed E-state index contributed by atoms with van der Waals surface area (Å²) in [6.45, 7) is 2.72. The summed E-state index contributed by atoms with van der Waals surface area (Å²) < 4.78 is 1.93. The predicted octanol–water partition coefficient (Wildman–Crippen LogP) is 2.57. The lowest BCUT2D eigenvalue weighted by Gasteiger charge is -2.11. The van der Waals surface area contributed by atoms with Gasteiger partial charge in [0.05, 0.1) is 12.6 Å². The van der Waals surface area contributed by atoms with Gasteiger partial charge in [0.15, 0.2) is 5.82 Å². The number of pyridine rings is 1. The molecule has 1 amide bonds. The molecule has 0 aliphatic carbocycles. The highest BCUT2D eigenvalue weighted by atomic mass is 16.1. The molecule has 0 saturated carbocycles. The number of amides is 1. The number of aromatic nitrogens is 4. The molecule has 3 heterocycles. The molecule has 1 N–H and O–H groups in total. The van der Waals surface area contributed by atoms with Crippen LogP contribution in [0.3, 0.4) is 0 Å². The van der Waals surface area contributed by atoms with Gasteiger partial charge >= 0.3 is 0 Å². The number of benzene rings is 1. The number of carbonyl (C=O) groups excluding carboxylic acids is 1. The average molecular weight is 347 g/mol. The van der Waals surface area contributed by atoms with E-state index in [9.17, 15) is 4.79 Å². The Kier molecular flexibility index (Phi) is 4.48. The van der Waals surface area contributed by atoms with Crippen LogP contribution in [0.4, 0.5) is 0 Å². The number of hydrogen-bond donors (Lipinski definition) is 1. The van der Waals surface area contributed by atoms with Gasteiger partial charge in [-0.05, 0) is 30.5 Å². The molecule has 1 fully saturated rings. The van der Waals surface area contributed by atoms with Crippen LogP contribution in [0.25, 0.3) is 0 Å². The minimum absolute atomic E-state index is 0.0672. The number of carbonyl (C=O) groups is 1. The lowest BCUT2D eigenvalue weighted by molar-refractivity contribution is -0.119. The van der Waals surface area contributed by atoms with E-state index in [1.165, 1.54) is 11.1 Å². The van der Waals surface area contributed by atoms with Crippen molar-refractivity contribution >= 4 is 5.91 Å². The zero-order valence-electron chi connectivity index (χ0n) is 14.7. The van der Waals surface area contributed by atoms with Crippen molar-refractivity contribution in [2.45, 2.75) is 38.8 Å². The van der Waals surface area contributed by atoms with Crippen molar-refractivity contribution in [3.05, 3.63) is 77.1 Å². The van der Waals surface area contributed by atoms with Crippen LogP contribution >= 0.6 is 0 Å². The first-order valence-electron chi connectivity index (χ1n) is 8.85. The van der Waals surface area contributed by atoms with Crippen LogP contribution in [-0.4, -0.2) is 25.7 Å². The summed E-state index contributed by atoms with van der Waals surface area (Å²) in [7, 11) is 0. The molecule has 26 heavy (non-hydrogen) atoms. The Hall–Kier alpha value is -3.02. The summed E-state index contributed by atoms with van der Waals surface area (Å²) in [6, 6.07) is 12.2. The van der Waals surface area contributed by atoms with E-state index in [4.69, 9.17) is 10.1 Å². The van der Waals surface area contributed by atoms with Crippen LogP contribution in [0.2, 0.25) is 0 Å². The number of nitrogens with one attached hydrogen (secondary N) is 1. The van der Waals surface area contributed by atoms with Crippen molar-refractivity contribution in [2.75, 3.05) is 0 Å². The predicted molar refractivity (Wildman–Crippen MR) is 97.5 cm³/mol. The summed E-state index contributed by atoms with van der Waals surface area (Å²) in [5.41, 5.74) is 3.46. The van der Waals surface area contributed by atoms with Crippen LogP contribution in [0.1, 0.15) is 47.2 Å². The van der Waals surface area contributed by atoms with Gasteiger partial charge in [0.25, 0.3) is 0 Å². The van der Waals surface area contributed by atoms with Gasteiger partial charge in [-0.3, -0.25) is 9.78 Å². The molecule has 1 aromatic carbocycles. The monoisotopic (exact) mass is 347 g/mol. The van der Waals surface area contributed by atoms with Gasteiger partial charge in [-0.15, -0.1) is 0 Å². The highest BCUT2D eigenvalue weighted by molar-refractivity contribution is 5.78. The molecule has 2 aromatic heterocycles. The summed E-state index contributed by atoms with van der Waals surface area (Å²) in [5.74, 6) is 1.66. The minimum Gasteiger partial charge on any atom is -0.346 e. The Morgan fingerprint density at radius 2 is 2.12 bits per heavy atom. The molecule has 0 radical (unpaired) electrons. The molecular weight excluding hydrogens is 326 g/mol. The van der Waals surface area contributed by atoms with E-state index in [0.717, 1.165) is 23.6 Å². The van der Waals surface area contributed by atoms with Gasteiger partial charge in [-0.2, -0.15) is 5.10 Å². The molecule has 1 saturated heterocycles. The Morgan fingerprint density at radius 1 is 1.23 bits per heavy atom. The van der Waals surface area contributed by atoms with Gasteiger partial charge in [0.2, 0.25) is 5.91 Å². The Labute approximate surface area is 152 Å². The van der Waals surface area contributed by atoms with Crippen molar-refractivity contribution in [1.82, 2.24) is 25.1 Å². The van der Waals surface area contributed by atoms with Crippen molar-refractivity contribution in [3.8, 4) is 0 Å². The fourth-order valence-electron chi connectivity index (χ4n) is 3.33. The van der Waals surface area contributed by atoms with Gasteiger partial charge in [0, 0.05) is 25.2 Å². The van der Waals surface area contributed by atoms with Crippen LogP contribution in [-0.2, 0) is 17.8 Å².